The molecule has 1 atom stereocenters. The Morgan fingerprint density at radius 1 is 1.19 bits per heavy atom. The summed E-state index contributed by atoms with van der Waals surface area (Å²) in [4.78, 5) is 0. The summed E-state index contributed by atoms with van der Waals surface area (Å²) in [6.45, 7) is 7.99. The normalized spacial score (nSPS) is 12.9. The first-order chi connectivity index (χ1) is 10.1. The summed E-state index contributed by atoms with van der Waals surface area (Å²) in [5, 5.41) is 3.86. The standard InChI is InChI=1S/C16H25ClFNO2/c1-4-9-19-15(16(20-5-2)21-6-3)10-12-7-8-13(18)11-14(12)17/h7-8,11,15-16,19H,4-6,9-10H2,1-3H3. The second-order valence-corrected chi connectivity index (χ2v) is 5.19. The number of ether oxygens (including phenoxy) is 2. The van der Waals surface area contributed by atoms with Gasteiger partial charge in [0.2, 0.25) is 0 Å². The Balaban J connectivity index is 2.84. The van der Waals surface area contributed by atoms with Gasteiger partial charge in [-0.3, -0.25) is 0 Å². The molecule has 1 aromatic rings. The van der Waals surface area contributed by atoms with E-state index in [4.69, 9.17) is 21.1 Å². The summed E-state index contributed by atoms with van der Waals surface area (Å²) < 4.78 is 24.5. The number of hydrogen-bond donors (Lipinski definition) is 1. The maximum atomic E-state index is 13.1. The van der Waals surface area contributed by atoms with Gasteiger partial charge in [-0.2, -0.15) is 0 Å². The molecule has 0 bridgehead atoms. The summed E-state index contributed by atoms with van der Waals surface area (Å²) >= 11 is 6.12. The smallest absolute Gasteiger partial charge is 0.172 e. The van der Waals surface area contributed by atoms with E-state index in [-0.39, 0.29) is 18.1 Å². The number of nitrogens with one attached hydrogen (secondary N) is 1. The fourth-order valence-corrected chi connectivity index (χ4v) is 2.37. The third kappa shape index (κ3) is 6.30. The fraction of sp³-hybridized carbons (Fsp3) is 0.625. The minimum Gasteiger partial charge on any atom is -0.351 e. The Hall–Kier alpha value is -0.680. The van der Waals surface area contributed by atoms with Gasteiger partial charge in [0.25, 0.3) is 0 Å². The summed E-state index contributed by atoms with van der Waals surface area (Å²) in [6.07, 6.45) is 1.30. The molecule has 1 aromatic carbocycles. The van der Waals surface area contributed by atoms with E-state index in [0.717, 1.165) is 18.5 Å². The van der Waals surface area contributed by atoms with Gasteiger partial charge in [-0.15, -0.1) is 0 Å². The van der Waals surface area contributed by atoms with Crippen molar-refractivity contribution in [1.82, 2.24) is 5.32 Å². The molecule has 0 aliphatic rings. The SMILES string of the molecule is CCCNC(Cc1ccc(F)cc1Cl)C(OCC)OCC. The topological polar surface area (TPSA) is 30.5 Å². The first kappa shape index (κ1) is 18.4. The van der Waals surface area contributed by atoms with E-state index in [1.165, 1.54) is 12.1 Å². The summed E-state index contributed by atoms with van der Waals surface area (Å²) in [6, 6.07) is 4.46. The Kier molecular flexibility index (Phi) is 8.85. The highest BCUT2D eigenvalue weighted by Gasteiger charge is 2.23. The molecule has 5 heteroatoms. The molecule has 120 valence electrons. The summed E-state index contributed by atoms with van der Waals surface area (Å²) in [7, 11) is 0. The molecule has 0 spiro atoms. The molecule has 0 aliphatic carbocycles. The lowest BCUT2D eigenvalue weighted by atomic mass is 10.0. The molecule has 1 unspecified atom stereocenters. The average molecular weight is 318 g/mol. The van der Waals surface area contributed by atoms with Crippen LogP contribution >= 0.6 is 11.6 Å². The largest absolute Gasteiger partial charge is 0.351 e. The van der Waals surface area contributed by atoms with Crippen molar-refractivity contribution in [2.24, 2.45) is 0 Å². The molecule has 1 N–H and O–H groups in total. The van der Waals surface area contributed by atoms with Crippen LogP contribution in [0.2, 0.25) is 5.02 Å². The lowest BCUT2D eigenvalue weighted by Crippen LogP contribution is -2.45. The molecule has 0 amide bonds. The zero-order chi connectivity index (χ0) is 15.7. The Bertz CT molecular complexity index is 411. The third-order valence-corrected chi connectivity index (χ3v) is 3.45. The van der Waals surface area contributed by atoms with Crippen LogP contribution < -0.4 is 5.32 Å². The number of rotatable bonds is 10. The Morgan fingerprint density at radius 2 is 1.86 bits per heavy atom. The van der Waals surface area contributed by atoms with Gasteiger partial charge in [0.05, 0.1) is 6.04 Å². The molecular formula is C16H25ClFNO2. The van der Waals surface area contributed by atoms with Crippen molar-refractivity contribution in [2.45, 2.75) is 45.9 Å². The van der Waals surface area contributed by atoms with Gasteiger partial charge >= 0.3 is 0 Å². The molecule has 0 saturated carbocycles. The second-order valence-electron chi connectivity index (χ2n) is 4.78. The fourth-order valence-electron chi connectivity index (χ4n) is 2.13. The molecule has 1 rings (SSSR count). The Morgan fingerprint density at radius 3 is 2.38 bits per heavy atom. The highest BCUT2D eigenvalue weighted by molar-refractivity contribution is 6.31. The lowest BCUT2D eigenvalue weighted by molar-refractivity contribution is -0.153. The van der Waals surface area contributed by atoms with Gasteiger partial charge in [0.15, 0.2) is 6.29 Å². The van der Waals surface area contributed by atoms with Gasteiger partial charge in [0.1, 0.15) is 5.82 Å². The van der Waals surface area contributed by atoms with Crippen LogP contribution in [0.15, 0.2) is 18.2 Å². The van der Waals surface area contributed by atoms with Crippen LogP contribution in [0.5, 0.6) is 0 Å². The van der Waals surface area contributed by atoms with Crippen molar-refractivity contribution in [3.63, 3.8) is 0 Å². The van der Waals surface area contributed by atoms with E-state index < -0.39 is 0 Å². The Labute approximate surface area is 131 Å². The van der Waals surface area contributed by atoms with Crippen molar-refractivity contribution in [2.75, 3.05) is 19.8 Å². The maximum absolute atomic E-state index is 13.1. The molecule has 0 aromatic heterocycles. The van der Waals surface area contributed by atoms with E-state index in [9.17, 15) is 4.39 Å². The molecule has 0 heterocycles. The zero-order valence-corrected chi connectivity index (χ0v) is 13.8. The minimum atomic E-state index is -0.340. The number of hydrogen-bond acceptors (Lipinski definition) is 3. The second kappa shape index (κ2) is 10.1. The van der Waals surface area contributed by atoms with Gasteiger partial charge in [-0.1, -0.05) is 24.6 Å². The van der Waals surface area contributed by atoms with Crippen molar-refractivity contribution in [3.05, 3.63) is 34.6 Å². The quantitative estimate of drug-likeness (QED) is 0.666. The number of benzene rings is 1. The maximum Gasteiger partial charge on any atom is 0.172 e. The molecular weight excluding hydrogens is 293 g/mol. The predicted molar refractivity (Wildman–Crippen MR) is 84.2 cm³/mol. The van der Waals surface area contributed by atoms with Crippen LogP contribution in [-0.4, -0.2) is 32.1 Å². The highest BCUT2D eigenvalue weighted by Crippen LogP contribution is 2.20. The molecule has 0 aliphatic heterocycles. The van der Waals surface area contributed by atoms with E-state index >= 15 is 0 Å². The van der Waals surface area contributed by atoms with Gasteiger partial charge in [-0.25, -0.2) is 4.39 Å². The van der Waals surface area contributed by atoms with Crippen molar-refractivity contribution in [1.29, 1.82) is 0 Å². The van der Waals surface area contributed by atoms with Gasteiger partial charge in [-0.05, 0) is 50.9 Å². The monoisotopic (exact) mass is 317 g/mol. The lowest BCUT2D eigenvalue weighted by Gasteiger charge is -2.28. The first-order valence-corrected chi connectivity index (χ1v) is 7.90. The van der Waals surface area contributed by atoms with Crippen LogP contribution in [0.1, 0.15) is 32.8 Å². The van der Waals surface area contributed by atoms with Gasteiger partial charge < -0.3 is 14.8 Å². The van der Waals surface area contributed by atoms with Crippen molar-refractivity contribution >= 4 is 11.6 Å². The average Bonchev–Trinajstić information content (AvgIpc) is 2.45. The predicted octanol–water partition coefficient (Wildman–Crippen LogP) is 3.79. The van der Waals surface area contributed by atoms with Crippen LogP contribution in [-0.2, 0) is 15.9 Å². The first-order valence-electron chi connectivity index (χ1n) is 7.52. The molecule has 21 heavy (non-hydrogen) atoms. The van der Waals surface area contributed by atoms with Crippen molar-refractivity contribution < 1.29 is 13.9 Å². The van der Waals surface area contributed by atoms with E-state index in [1.807, 2.05) is 13.8 Å². The molecule has 3 nitrogen and oxygen atoms in total. The van der Waals surface area contributed by atoms with Gasteiger partial charge in [0, 0.05) is 18.2 Å². The van der Waals surface area contributed by atoms with E-state index in [1.54, 1.807) is 6.07 Å². The zero-order valence-electron chi connectivity index (χ0n) is 13.0. The van der Waals surface area contributed by atoms with Crippen LogP contribution in [0.4, 0.5) is 4.39 Å². The van der Waals surface area contributed by atoms with Crippen LogP contribution in [0, 0.1) is 5.82 Å². The van der Waals surface area contributed by atoms with E-state index in [0.29, 0.717) is 24.7 Å². The molecule has 0 radical (unpaired) electrons. The van der Waals surface area contributed by atoms with E-state index in [2.05, 4.69) is 12.2 Å². The summed E-state index contributed by atoms with van der Waals surface area (Å²) in [5.74, 6) is -0.326. The highest BCUT2D eigenvalue weighted by atomic mass is 35.5. The molecule has 0 fully saturated rings. The number of halogens is 2. The third-order valence-electron chi connectivity index (χ3n) is 3.10. The minimum absolute atomic E-state index is 0.0205. The summed E-state index contributed by atoms with van der Waals surface area (Å²) in [5.41, 5.74) is 0.885. The van der Waals surface area contributed by atoms with Crippen LogP contribution in [0.25, 0.3) is 0 Å². The van der Waals surface area contributed by atoms with Crippen molar-refractivity contribution in [3.8, 4) is 0 Å². The molecule has 0 saturated heterocycles. The van der Waals surface area contributed by atoms with Crippen LogP contribution in [0.3, 0.4) is 0 Å².